The van der Waals surface area contributed by atoms with Gasteiger partial charge in [-0.2, -0.15) is 4.57 Å². The smallest absolute Gasteiger partial charge is 0.298 e. The summed E-state index contributed by atoms with van der Waals surface area (Å²) in [5, 5.41) is 0.642. The molecule has 0 spiro atoms. The van der Waals surface area contributed by atoms with E-state index in [0.717, 1.165) is 14.6 Å². The van der Waals surface area contributed by atoms with Crippen molar-refractivity contribution in [2.24, 2.45) is 0 Å². The Bertz CT molecular complexity index is 697. The summed E-state index contributed by atoms with van der Waals surface area (Å²) in [6.45, 7) is 0.498. The van der Waals surface area contributed by atoms with Gasteiger partial charge in [-0.3, -0.25) is 0 Å². The highest BCUT2D eigenvalue weighted by molar-refractivity contribution is 8.00. The third kappa shape index (κ3) is 3.82. The van der Waals surface area contributed by atoms with Crippen LogP contribution in [0.2, 0.25) is 5.02 Å². The van der Waals surface area contributed by atoms with Crippen LogP contribution in [0.4, 0.5) is 0 Å². The van der Waals surface area contributed by atoms with Crippen LogP contribution in [0.5, 0.6) is 0 Å². The third-order valence-corrected chi connectivity index (χ3v) is 5.88. The van der Waals surface area contributed by atoms with E-state index in [9.17, 15) is 13.0 Å². The summed E-state index contributed by atoms with van der Waals surface area (Å²) in [7, 11) is -4.15. The molecule has 0 aliphatic carbocycles. The number of aryl methyl sites for hydroxylation is 1. The van der Waals surface area contributed by atoms with E-state index in [0.29, 0.717) is 18.0 Å². The molecule has 2 aromatic rings. The van der Waals surface area contributed by atoms with Gasteiger partial charge in [0.2, 0.25) is 5.52 Å². The van der Waals surface area contributed by atoms with Crippen molar-refractivity contribution in [2.75, 3.05) is 12.0 Å². The van der Waals surface area contributed by atoms with Crippen LogP contribution in [-0.2, 0) is 16.7 Å². The largest absolute Gasteiger partial charge is 0.748 e. The number of aromatic nitrogens is 1. The lowest BCUT2D eigenvalue weighted by Gasteiger charge is -2.04. The molecule has 0 aliphatic rings. The molecule has 0 aliphatic heterocycles. The van der Waals surface area contributed by atoms with Crippen LogP contribution < -0.4 is 4.57 Å². The maximum atomic E-state index is 10.6. The lowest BCUT2D eigenvalue weighted by Crippen LogP contribution is -2.35. The van der Waals surface area contributed by atoms with E-state index >= 15 is 0 Å². The van der Waals surface area contributed by atoms with E-state index in [-0.39, 0.29) is 5.75 Å². The molecule has 19 heavy (non-hydrogen) atoms. The predicted octanol–water partition coefficient (Wildman–Crippen LogP) is 2.50. The van der Waals surface area contributed by atoms with Crippen molar-refractivity contribution in [3.8, 4) is 0 Å². The van der Waals surface area contributed by atoms with E-state index in [1.54, 1.807) is 23.1 Å². The van der Waals surface area contributed by atoms with Crippen molar-refractivity contribution in [2.45, 2.75) is 17.3 Å². The maximum absolute atomic E-state index is 10.6. The summed E-state index contributed by atoms with van der Waals surface area (Å²) in [6, 6.07) is 5.64. The predicted molar refractivity (Wildman–Crippen MR) is 78.0 cm³/mol. The molecule has 1 heterocycles. The van der Waals surface area contributed by atoms with Crippen LogP contribution in [0.25, 0.3) is 10.2 Å². The second-order valence-corrected chi connectivity index (χ2v) is 8.00. The van der Waals surface area contributed by atoms with Gasteiger partial charge in [0, 0.05) is 23.3 Å². The second kappa shape index (κ2) is 5.97. The summed E-state index contributed by atoms with van der Waals surface area (Å²) in [5.41, 5.74) is 0.977. The molecule has 1 aromatic heterocycles. The van der Waals surface area contributed by atoms with Gasteiger partial charge in [-0.1, -0.05) is 22.9 Å². The van der Waals surface area contributed by atoms with Crippen molar-refractivity contribution < 1.29 is 17.5 Å². The Kier molecular flexibility index (Phi) is 4.73. The van der Waals surface area contributed by atoms with E-state index in [4.69, 9.17) is 11.6 Å². The molecule has 0 radical (unpaired) electrons. The molecule has 1 aromatic carbocycles. The third-order valence-electron chi connectivity index (χ3n) is 2.58. The SMILES string of the molecule is CSc1sc2ccc(Cl)cc2[n+]1CCCS(=O)(=O)[O-]. The van der Waals surface area contributed by atoms with Gasteiger partial charge in [-0.05, 0) is 30.2 Å². The van der Waals surface area contributed by atoms with E-state index in [2.05, 4.69) is 0 Å². The monoisotopic (exact) mass is 337 g/mol. The fourth-order valence-electron chi connectivity index (χ4n) is 1.80. The molecular weight excluding hydrogens is 326 g/mol. The zero-order valence-corrected chi connectivity index (χ0v) is 13.3. The molecule has 8 heteroatoms. The van der Waals surface area contributed by atoms with Crippen molar-refractivity contribution in [1.29, 1.82) is 0 Å². The topological polar surface area (TPSA) is 61.1 Å². The first-order valence-electron chi connectivity index (χ1n) is 5.50. The summed E-state index contributed by atoms with van der Waals surface area (Å²) >= 11 is 9.21. The molecule has 0 saturated heterocycles. The van der Waals surface area contributed by atoms with Crippen molar-refractivity contribution in [3.63, 3.8) is 0 Å². The minimum Gasteiger partial charge on any atom is -0.748 e. The number of fused-ring (bicyclic) bond motifs is 1. The maximum Gasteiger partial charge on any atom is 0.298 e. The lowest BCUT2D eigenvalue weighted by atomic mass is 10.3. The van der Waals surface area contributed by atoms with Crippen LogP contribution in [0.1, 0.15) is 6.42 Å². The van der Waals surface area contributed by atoms with Crippen molar-refractivity contribution in [3.05, 3.63) is 23.2 Å². The van der Waals surface area contributed by atoms with Gasteiger partial charge < -0.3 is 4.55 Å². The number of thiazole rings is 1. The Morgan fingerprint density at radius 2 is 2.21 bits per heavy atom. The van der Waals surface area contributed by atoms with Crippen molar-refractivity contribution >= 4 is 55.0 Å². The van der Waals surface area contributed by atoms with Crippen molar-refractivity contribution in [1.82, 2.24) is 0 Å². The van der Waals surface area contributed by atoms with Gasteiger partial charge in [0.1, 0.15) is 4.70 Å². The Hall–Kier alpha value is -0.340. The Balaban J connectivity index is 2.32. The molecule has 0 bridgehead atoms. The molecular formula is C11H12ClNO3S3. The fraction of sp³-hybridized carbons (Fsp3) is 0.364. The van der Waals surface area contributed by atoms with Gasteiger partial charge in [0.15, 0.2) is 6.54 Å². The van der Waals surface area contributed by atoms with Crippen LogP contribution in [-0.4, -0.2) is 25.0 Å². The van der Waals surface area contributed by atoms with Gasteiger partial charge in [-0.25, -0.2) is 8.42 Å². The first-order valence-corrected chi connectivity index (χ1v) is 9.50. The molecule has 0 amide bonds. The van der Waals surface area contributed by atoms with Crippen LogP contribution >= 0.6 is 34.7 Å². The van der Waals surface area contributed by atoms with E-state index in [1.165, 1.54) is 0 Å². The fourth-order valence-corrected chi connectivity index (χ4v) is 4.36. The summed E-state index contributed by atoms with van der Waals surface area (Å²) in [6.07, 6.45) is 2.27. The number of nitrogens with zero attached hydrogens (tertiary/aromatic N) is 1. The molecule has 0 N–H and O–H groups in total. The Morgan fingerprint density at radius 3 is 2.84 bits per heavy atom. The summed E-state index contributed by atoms with van der Waals surface area (Å²) in [4.78, 5) is 0. The quantitative estimate of drug-likeness (QED) is 0.478. The average Bonchev–Trinajstić information content (AvgIpc) is 2.65. The molecule has 4 nitrogen and oxygen atoms in total. The van der Waals surface area contributed by atoms with E-state index < -0.39 is 10.1 Å². The molecule has 2 rings (SSSR count). The Morgan fingerprint density at radius 1 is 1.47 bits per heavy atom. The number of benzene rings is 1. The van der Waals surface area contributed by atoms with E-state index in [1.807, 2.05) is 29.0 Å². The highest BCUT2D eigenvalue weighted by Gasteiger charge is 2.20. The normalized spacial score (nSPS) is 12.2. The molecule has 104 valence electrons. The first-order chi connectivity index (χ1) is 8.90. The highest BCUT2D eigenvalue weighted by Crippen LogP contribution is 2.28. The summed E-state index contributed by atoms with van der Waals surface area (Å²) < 4.78 is 36.1. The minimum atomic E-state index is -4.15. The number of thioether (sulfide) groups is 1. The number of hydrogen-bond acceptors (Lipinski definition) is 5. The number of rotatable bonds is 5. The zero-order chi connectivity index (χ0) is 14.0. The Labute approximate surface area is 125 Å². The molecule has 0 fully saturated rings. The number of halogens is 1. The zero-order valence-electron chi connectivity index (χ0n) is 10.1. The summed E-state index contributed by atoms with van der Waals surface area (Å²) in [5.74, 6) is -0.342. The van der Waals surface area contributed by atoms with Gasteiger partial charge >= 0.3 is 0 Å². The van der Waals surface area contributed by atoms with Crippen LogP contribution in [0.3, 0.4) is 0 Å². The lowest BCUT2D eigenvalue weighted by molar-refractivity contribution is -0.701. The highest BCUT2D eigenvalue weighted by atomic mass is 35.5. The number of hydrogen-bond donors (Lipinski definition) is 0. The minimum absolute atomic E-state index is 0.308. The molecule has 0 saturated carbocycles. The standard InChI is InChI=1S/C11H12ClNO3S3/c1-17-11-13(5-2-6-19(14,15)16)9-7-8(12)3-4-10(9)18-11/h3-4,7H,2,5-6H2,1H3. The van der Waals surface area contributed by atoms with Crippen LogP contribution in [0, 0.1) is 0 Å². The van der Waals surface area contributed by atoms with Gasteiger partial charge in [-0.15, -0.1) is 0 Å². The average molecular weight is 338 g/mol. The van der Waals surface area contributed by atoms with Gasteiger partial charge in [0.25, 0.3) is 4.34 Å². The molecule has 0 atom stereocenters. The van der Waals surface area contributed by atoms with Gasteiger partial charge in [0.05, 0.1) is 10.1 Å². The first kappa shape index (κ1) is 15.1. The second-order valence-electron chi connectivity index (χ2n) is 3.95. The molecule has 0 unspecified atom stereocenters. The van der Waals surface area contributed by atoms with Crippen LogP contribution in [0.15, 0.2) is 22.5 Å².